The Bertz CT molecular complexity index is 354. The first-order valence-electron chi connectivity index (χ1n) is 6.06. The average molecular weight is 235 g/mol. The van der Waals surface area contributed by atoms with Gasteiger partial charge in [-0.2, -0.15) is 0 Å². The molecule has 0 aliphatic carbocycles. The third-order valence-electron chi connectivity index (χ3n) is 3.47. The van der Waals surface area contributed by atoms with Crippen molar-refractivity contribution < 1.29 is 4.39 Å². The van der Waals surface area contributed by atoms with Crippen molar-refractivity contribution in [1.29, 1.82) is 0 Å². The van der Waals surface area contributed by atoms with Gasteiger partial charge >= 0.3 is 0 Å². The molecule has 1 rings (SSSR count). The van der Waals surface area contributed by atoms with Gasteiger partial charge in [-0.1, -0.05) is 32.1 Å². The van der Waals surface area contributed by atoms with Crippen LogP contribution in [-0.2, 0) is 5.41 Å². The maximum atomic E-state index is 12.9. The van der Waals surface area contributed by atoms with E-state index in [1.54, 1.807) is 0 Å². The van der Waals surface area contributed by atoms with Gasteiger partial charge in [0.15, 0.2) is 0 Å². The van der Waals surface area contributed by atoms with Gasteiger partial charge in [-0.15, -0.1) is 6.58 Å². The van der Waals surface area contributed by atoms with Crippen molar-refractivity contribution in [2.24, 2.45) is 0 Å². The molecule has 1 atom stereocenters. The lowest BCUT2D eigenvalue weighted by molar-refractivity contribution is 0.342. The quantitative estimate of drug-likeness (QED) is 0.742. The molecule has 17 heavy (non-hydrogen) atoms. The molecule has 0 bridgehead atoms. The van der Waals surface area contributed by atoms with Crippen molar-refractivity contribution >= 4 is 0 Å². The first-order valence-corrected chi connectivity index (χ1v) is 6.06. The molecule has 0 aromatic heterocycles. The minimum Gasteiger partial charge on any atom is -0.316 e. The molecule has 1 aromatic rings. The summed E-state index contributed by atoms with van der Waals surface area (Å²) in [6.45, 7) is 8.13. The highest BCUT2D eigenvalue weighted by molar-refractivity contribution is 5.26. The zero-order chi connectivity index (χ0) is 12.9. The molecule has 94 valence electrons. The van der Waals surface area contributed by atoms with Gasteiger partial charge in [0.25, 0.3) is 0 Å². The number of likely N-dealkylation sites (N-methyl/N-ethyl adjacent to an activating group) is 1. The molecule has 0 aliphatic heterocycles. The van der Waals surface area contributed by atoms with Crippen molar-refractivity contribution in [1.82, 2.24) is 5.32 Å². The molecular weight excluding hydrogens is 213 g/mol. The standard InChI is InChI=1S/C15H22FN/c1-5-6-7-14(17-4)15(2,3)12-8-10-13(16)11-9-12/h5,8-11,14,17H,1,6-7H2,2-4H3. The lowest BCUT2D eigenvalue weighted by atomic mass is 9.76. The van der Waals surface area contributed by atoms with Crippen LogP contribution in [0.3, 0.4) is 0 Å². The van der Waals surface area contributed by atoms with Crippen LogP contribution in [-0.4, -0.2) is 13.1 Å². The van der Waals surface area contributed by atoms with Gasteiger partial charge in [0.2, 0.25) is 0 Å². The number of nitrogens with one attached hydrogen (secondary N) is 1. The van der Waals surface area contributed by atoms with Crippen LogP contribution in [0.2, 0.25) is 0 Å². The Morgan fingerprint density at radius 3 is 2.41 bits per heavy atom. The Hall–Kier alpha value is -1.15. The maximum absolute atomic E-state index is 12.9. The lowest BCUT2D eigenvalue weighted by Crippen LogP contribution is -2.43. The van der Waals surface area contributed by atoms with Crippen molar-refractivity contribution in [3.8, 4) is 0 Å². The first-order chi connectivity index (χ1) is 8.02. The van der Waals surface area contributed by atoms with E-state index in [1.165, 1.54) is 12.1 Å². The van der Waals surface area contributed by atoms with E-state index >= 15 is 0 Å². The normalized spacial score (nSPS) is 13.4. The highest BCUT2D eigenvalue weighted by Crippen LogP contribution is 2.29. The Labute approximate surface area is 104 Å². The Morgan fingerprint density at radius 1 is 1.35 bits per heavy atom. The van der Waals surface area contributed by atoms with E-state index in [0.29, 0.717) is 6.04 Å². The van der Waals surface area contributed by atoms with Crippen LogP contribution >= 0.6 is 0 Å². The van der Waals surface area contributed by atoms with Crippen molar-refractivity contribution in [3.05, 3.63) is 48.3 Å². The molecule has 0 saturated heterocycles. The van der Waals surface area contributed by atoms with E-state index in [2.05, 4.69) is 25.7 Å². The second-order valence-electron chi connectivity index (χ2n) is 4.94. The molecule has 0 radical (unpaired) electrons. The molecule has 0 fully saturated rings. The molecule has 1 unspecified atom stereocenters. The van der Waals surface area contributed by atoms with Crippen LogP contribution < -0.4 is 5.32 Å². The summed E-state index contributed by atoms with van der Waals surface area (Å²) in [5.74, 6) is -0.184. The summed E-state index contributed by atoms with van der Waals surface area (Å²) in [7, 11) is 1.97. The Kier molecular flexibility index (Phi) is 4.88. The smallest absolute Gasteiger partial charge is 0.123 e. The number of hydrogen-bond acceptors (Lipinski definition) is 1. The van der Waals surface area contributed by atoms with Gasteiger partial charge in [-0.3, -0.25) is 0 Å². The molecule has 0 saturated carbocycles. The van der Waals surface area contributed by atoms with E-state index in [1.807, 2.05) is 25.3 Å². The van der Waals surface area contributed by atoms with Gasteiger partial charge < -0.3 is 5.32 Å². The Balaban J connectivity index is 2.90. The van der Waals surface area contributed by atoms with Gasteiger partial charge in [-0.25, -0.2) is 4.39 Å². The lowest BCUT2D eigenvalue weighted by Gasteiger charge is -2.35. The predicted molar refractivity (Wildman–Crippen MR) is 71.7 cm³/mol. The topological polar surface area (TPSA) is 12.0 Å². The molecule has 0 aliphatic rings. The molecule has 0 heterocycles. The van der Waals surface area contributed by atoms with Crippen molar-refractivity contribution in [2.75, 3.05) is 7.05 Å². The number of halogens is 1. The summed E-state index contributed by atoms with van der Waals surface area (Å²) in [4.78, 5) is 0. The zero-order valence-electron chi connectivity index (χ0n) is 11.0. The fourth-order valence-electron chi connectivity index (χ4n) is 2.23. The van der Waals surface area contributed by atoms with E-state index in [9.17, 15) is 4.39 Å². The number of hydrogen-bond donors (Lipinski definition) is 1. The van der Waals surface area contributed by atoms with Crippen LogP contribution in [0.4, 0.5) is 4.39 Å². The summed E-state index contributed by atoms with van der Waals surface area (Å²) in [5.41, 5.74) is 1.13. The van der Waals surface area contributed by atoms with Crippen molar-refractivity contribution in [2.45, 2.75) is 38.1 Å². The number of rotatable bonds is 6. The van der Waals surface area contributed by atoms with Crippen molar-refractivity contribution in [3.63, 3.8) is 0 Å². The zero-order valence-corrected chi connectivity index (χ0v) is 11.0. The average Bonchev–Trinajstić information content (AvgIpc) is 2.30. The summed E-state index contributed by atoms with van der Waals surface area (Å²) in [5, 5.41) is 3.35. The Morgan fingerprint density at radius 2 is 1.94 bits per heavy atom. The third kappa shape index (κ3) is 3.40. The fourth-order valence-corrected chi connectivity index (χ4v) is 2.23. The maximum Gasteiger partial charge on any atom is 0.123 e. The van der Waals surface area contributed by atoms with Crippen LogP contribution in [0.5, 0.6) is 0 Å². The molecule has 1 aromatic carbocycles. The highest BCUT2D eigenvalue weighted by atomic mass is 19.1. The molecule has 1 N–H and O–H groups in total. The number of allylic oxidation sites excluding steroid dienone is 1. The van der Waals surface area contributed by atoms with E-state index in [-0.39, 0.29) is 11.2 Å². The minimum atomic E-state index is -0.184. The van der Waals surface area contributed by atoms with Crippen LogP contribution in [0.15, 0.2) is 36.9 Å². The van der Waals surface area contributed by atoms with Gasteiger partial charge in [-0.05, 0) is 37.6 Å². The van der Waals surface area contributed by atoms with Crippen LogP contribution in [0.25, 0.3) is 0 Å². The summed E-state index contributed by atoms with van der Waals surface area (Å²) < 4.78 is 12.9. The third-order valence-corrected chi connectivity index (χ3v) is 3.47. The molecule has 0 spiro atoms. The predicted octanol–water partition coefficient (Wildman–Crippen LogP) is 3.66. The second-order valence-corrected chi connectivity index (χ2v) is 4.94. The van der Waals surface area contributed by atoms with Gasteiger partial charge in [0.1, 0.15) is 5.82 Å². The van der Waals surface area contributed by atoms with E-state index < -0.39 is 0 Å². The van der Waals surface area contributed by atoms with E-state index in [0.717, 1.165) is 18.4 Å². The van der Waals surface area contributed by atoms with Gasteiger partial charge in [0, 0.05) is 11.5 Å². The highest BCUT2D eigenvalue weighted by Gasteiger charge is 2.29. The monoisotopic (exact) mass is 235 g/mol. The van der Waals surface area contributed by atoms with Gasteiger partial charge in [0.05, 0.1) is 0 Å². The minimum absolute atomic E-state index is 0.0224. The SMILES string of the molecule is C=CCCC(NC)C(C)(C)c1ccc(F)cc1. The summed E-state index contributed by atoms with van der Waals surface area (Å²) >= 11 is 0. The summed E-state index contributed by atoms with van der Waals surface area (Å²) in [6.07, 6.45) is 3.95. The van der Waals surface area contributed by atoms with Crippen LogP contribution in [0.1, 0.15) is 32.3 Å². The largest absolute Gasteiger partial charge is 0.316 e. The summed E-state index contributed by atoms with van der Waals surface area (Å²) in [6, 6.07) is 7.14. The number of benzene rings is 1. The first kappa shape index (κ1) is 13.9. The fraction of sp³-hybridized carbons (Fsp3) is 0.467. The molecule has 0 amide bonds. The second kappa shape index (κ2) is 5.97. The van der Waals surface area contributed by atoms with Crippen LogP contribution in [0, 0.1) is 5.82 Å². The molecular formula is C15H22FN. The van der Waals surface area contributed by atoms with E-state index in [4.69, 9.17) is 0 Å². The molecule has 2 heteroatoms. The molecule has 1 nitrogen and oxygen atoms in total.